The minimum absolute atomic E-state index is 0.0203. The highest BCUT2D eigenvalue weighted by Crippen LogP contribution is 2.13. The number of benzene rings is 1. The van der Waals surface area contributed by atoms with Gasteiger partial charge < -0.3 is 10.2 Å². The Morgan fingerprint density at radius 2 is 1.71 bits per heavy atom. The number of anilines is 2. The minimum atomic E-state index is -0.332. The molecule has 0 aliphatic carbocycles. The van der Waals surface area contributed by atoms with Crippen molar-refractivity contribution >= 4 is 23.3 Å². The van der Waals surface area contributed by atoms with Gasteiger partial charge in [-0.15, -0.1) is 0 Å². The number of nitrogens with one attached hydrogen (secondary N) is 1. The van der Waals surface area contributed by atoms with E-state index in [0.29, 0.717) is 23.7 Å². The number of likely N-dealkylation sites (N-methyl/N-ethyl adjacent to an activating group) is 1. The molecule has 0 fully saturated rings. The Morgan fingerprint density at radius 3 is 2.39 bits per heavy atom. The molecule has 2 aromatic heterocycles. The Hall–Kier alpha value is -3.61. The van der Waals surface area contributed by atoms with Crippen molar-refractivity contribution in [1.82, 2.24) is 15.0 Å². The summed E-state index contributed by atoms with van der Waals surface area (Å²) < 4.78 is 0. The molecule has 3 rings (SSSR count). The number of hydrogen-bond donors (Lipinski definition) is 1. The van der Waals surface area contributed by atoms with Crippen LogP contribution >= 0.6 is 0 Å². The van der Waals surface area contributed by atoms with Crippen molar-refractivity contribution < 1.29 is 9.59 Å². The number of hydrogen-bond acceptors (Lipinski definition) is 6. The van der Waals surface area contributed by atoms with Crippen molar-refractivity contribution in [3.63, 3.8) is 0 Å². The molecule has 0 unspecified atom stereocenters. The van der Waals surface area contributed by atoms with Crippen molar-refractivity contribution in [2.24, 2.45) is 0 Å². The summed E-state index contributed by atoms with van der Waals surface area (Å²) in [5.41, 5.74) is 2.64. The normalized spacial score (nSPS) is 10.4. The quantitative estimate of drug-likeness (QED) is 0.639. The van der Waals surface area contributed by atoms with Gasteiger partial charge in [0, 0.05) is 43.4 Å². The molecule has 0 radical (unpaired) electrons. The van der Waals surface area contributed by atoms with Crippen LogP contribution in [0.5, 0.6) is 0 Å². The first kappa shape index (κ1) is 19.2. The van der Waals surface area contributed by atoms with Crippen LogP contribution in [-0.2, 0) is 6.42 Å². The fourth-order valence-electron chi connectivity index (χ4n) is 2.59. The van der Waals surface area contributed by atoms with E-state index in [1.807, 2.05) is 24.1 Å². The average molecular weight is 375 g/mol. The van der Waals surface area contributed by atoms with Crippen LogP contribution in [0.4, 0.5) is 11.6 Å². The van der Waals surface area contributed by atoms with Gasteiger partial charge in [0.2, 0.25) is 5.95 Å². The highest BCUT2D eigenvalue weighted by molar-refractivity contribution is 6.03. The zero-order valence-electron chi connectivity index (χ0n) is 15.8. The number of pyridine rings is 1. The predicted molar refractivity (Wildman–Crippen MR) is 108 cm³/mol. The number of ketones is 1. The van der Waals surface area contributed by atoms with E-state index in [0.717, 1.165) is 6.42 Å². The average Bonchev–Trinajstić information content (AvgIpc) is 2.73. The second-order valence-corrected chi connectivity index (χ2v) is 6.36. The van der Waals surface area contributed by atoms with Crippen molar-refractivity contribution in [1.29, 1.82) is 0 Å². The molecule has 0 saturated heterocycles. The monoisotopic (exact) mass is 375 g/mol. The standard InChI is InChI=1S/C21H21N5O2/c1-15(27)17-3-5-18(6-4-17)24-20(28)19-9-13-23-21(25-19)26(2)14-10-16-7-11-22-12-8-16/h3-9,11-13H,10,14H2,1-2H3,(H,24,28). The van der Waals surface area contributed by atoms with E-state index in [-0.39, 0.29) is 17.4 Å². The molecule has 0 bridgehead atoms. The number of carbonyl (C=O) groups is 2. The molecule has 1 amide bonds. The van der Waals surface area contributed by atoms with Crippen LogP contribution in [0.3, 0.4) is 0 Å². The van der Waals surface area contributed by atoms with Crippen LogP contribution in [0.2, 0.25) is 0 Å². The van der Waals surface area contributed by atoms with Gasteiger partial charge in [-0.3, -0.25) is 14.6 Å². The maximum Gasteiger partial charge on any atom is 0.274 e. The summed E-state index contributed by atoms with van der Waals surface area (Å²) >= 11 is 0. The van der Waals surface area contributed by atoms with Crippen LogP contribution < -0.4 is 10.2 Å². The van der Waals surface area contributed by atoms with Gasteiger partial charge in [-0.1, -0.05) is 0 Å². The fraction of sp³-hybridized carbons (Fsp3) is 0.190. The first-order valence-corrected chi connectivity index (χ1v) is 8.88. The molecule has 0 saturated carbocycles. The molecule has 3 aromatic rings. The van der Waals surface area contributed by atoms with Crippen molar-refractivity contribution in [3.8, 4) is 0 Å². The molecule has 1 aromatic carbocycles. The maximum absolute atomic E-state index is 12.5. The summed E-state index contributed by atoms with van der Waals surface area (Å²) in [5.74, 6) is 0.128. The number of Topliss-reactive ketones (excluding diaryl/α,β-unsaturated/α-hetero) is 1. The van der Waals surface area contributed by atoms with Gasteiger partial charge >= 0.3 is 0 Å². The molecule has 1 N–H and O–H groups in total. The molecule has 0 atom stereocenters. The molecule has 7 nitrogen and oxygen atoms in total. The summed E-state index contributed by atoms with van der Waals surface area (Å²) in [6.07, 6.45) is 5.92. The highest BCUT2D eigenvalue weighted by Gasteiger charge is 2.12. The predicted octanol–water partition coefficient (Wildman–Crippen LogP) is 3.01. The third-order valence-electron chi connectivity index (χ3n) is 4.25. The second kappa shape index (κ2) is 8.85. The van der Waals surface area contributed by atoms with Gasteiger partial charge in [0.1, 0.15) is 5.69 Å². The van der Waals surface area contributed by atoms with E-state index in [1.165, 1.54) is 12.5 Å². The third kappa shape index (κ3) is 4.97. The Bertz CT molecular complexity index is 958. The zero-order valence-corrected chi connectivity index (χ0v) is 15.8. The van der Waals surface area contributed by atoms with E-state index in [2.05, 4.69) is 20.3 Å². The molecule has 7 heteroatoms. The summed E-state index contributed by atoms with van der Waals surface area (Å²) in [6.45, 7) is 2.21. The van der Waals surface area contributed by atoms with Crippen LogP contribution in [0.25, 0.3) is 0 Å². The molecule has 28 heavy (non-hydrogen) atoms. The second-order valence-electron chi connectivity index (χ2n) is 6.36. The first-order chi connectivity index (χ1) is 13.5. The number of carbonyl (C=O) groups excluding carboxylic acids is 2. The van der Waals surface area contributed by atoms with E-state index >= 15 is 0 Å². The largest absolute Gasteiger partial charge is 0.344 e. The van der Waals surface area contributed by atoms with Gasteiger partial charge in [-0.2, -0.15) is 0 Å². The lowest BCUT2D eigenvalue weighted by atomic mass is 10.1. The topological polar surface area (TPSA) is 88.1 Å². The molecule has 2 heterocycles. The van der Waals surface area contributed by atoms with E-state index in [1.54, 1.807) is 48.9 Å². The number of rotatable bonds is 7. The molecule has 0 aliphatic rings. The van der Waals surface area contributed by atoms with Crippen LogP contribution in [0.1, 0.15) is 33.3 Å². The maximum atomic E-state index is 12.5. The lowest BCUT2D eigenvalue weighted by Crippen LogP contribution is -2.24. The summed E-state index contributed by atoms with van der Waals surface area (Å²) in [6, 6.07) is 12.2. The molecule has 0 spiro atoms. The molecule has 142 valence electrons. The lowest BCUT2D eigenvalue weighted by Gasteiger charge is -2.17. The fourth-order valence-corrected chi connectivity index (χ4v) is 2.59. The number of nitrogens with zero attached hydrogens (tertiary/aromatic N) is 4. The van der Waals surface area contributed by atoms with Crippen LogP contribution in [-0.4, -0.2) is 40.2 Å². The SMILES string of the molecule is CC(=O)c1ccc(NC(=O)c2ccnc(N(C)CCc3ccncc3)n2)cc1. The Kier molecular flexibility index (Phi) is 6.06. The molecule has 0 aliphatic heterocycles. The summed E-state index contributed by atoms with van der Waals surface area (Å²) in [5, 5.41) is 2.78. The van der Waals surface area contributed by atoms with Crippen LogP contribution in [0.15, 0.2) is 61.1 Å². The summed E-state index contributed by atoms with van der Waals surface area (Å²) in [7, 11) is 1.89. The molecular formula is C21H21N5O2. The summed E-state index contributed by atoms with van der Waals surface area (Å²) in [4.78, 5) is 38.4. The van der Waals surface area contributed by atoms with Gasteiger partial charge in [0.25, 0.3) is 5.91 Å². The van der Waals surface area contributed by atoms with Gasteiger partial charge in [0.15, 0.2) is 5.78 Å². The van der Waals surface area contributed by atoms with Crippen LogP contribution in [0, 0.1) is 0 Å². The lowest BCUT2D eigenvalue weighted by molar-refractivity contribution is 0.101. The Labute approximate surface area is 163 Å². The van der Waals surface area contributed by atoms with E-state index < -0.39 is 0 Å². The van der Waals surface area contributed by atoms with Gasteiger partial charge in [-0.05, 0) is 61.4 Å². The van der Waals surface area contributed by atoms with Crippen molar-refractivity contribution in [3.05, 3.63) is 77.9 Å². The molecular weight excluding hydrogens is 354 g/mol. The Balaban J connectivity index is 1.64. The van der Waals surface area contributed by atoms with Crippen molar-refractivity contribution in [2.45, 2.75) is 13.3 Å². The van der Waals surface area contributed by atoms with Gasteiger partial charge in [0.05, 0.1) is 0 Å². The third-order valence-corrected chi connectivity index (χ3v) is 4.25. The zero-order chi connectivity index (χ0) is 19.9. The highest BCUT2D eigenvalue weighted by atomic mass is 16.2. The van der Waals surface area contributed by atoms with Crippen molar-refractivity contribution in [2.75, 3.05) is 23.8 Å². The number of amides is 1. The Morgan fingerprint density at radius 1 is 1.00 bits per heavy atom. The van der Waals surface area contributed by atoms with Gasteiger partial charge in [-0.25, -0.2) is 9.97 Å². The van der Waals surface area contributed by atoms with E-state index in [4.69, 9.17) is 0 Å². The smallest absolute Gasteiger partial charge is 0.274 e. The first-order valence-electron chi connectivity index (χ1n) is 8.88. The minimum Gasteiger partial charge on any atom is -0.344 e. The van der Waals surface area contributed by atoms with E-state index in [9.17, 15) is 9.59 Å². The number of aromatic nitrogens is 3.